The van der Waals surface area contributed by atoms with E-state index in [-0.39, 0.29) is 13.1 Å². The standard InChI is InChI=1S/C13H18F3NO/c1-12(18,11-6-4-3-5-7-11)10-17(2)9-8-13(14,15)16/h3-7,18H,8-10H2,1-2H3. The van der Waals surface area contributed by atoms with Gasteiger partial charge in [-0.1, -0.05) is 30.3 Å². The summed E-state index contributed by atoms with van der Waals surface area (Å²) in [6.45, 7) is 1.64. The molecule has 1 aromatic carbocycles. The van der Waals surface area contributed by atoms with E-state index in [0.29, 0.717) is 5.56 Å². The Bertz CT molecular complexity index is 362. The van der Waals surface area contributed by atoms with Crippen molar-refractivity contribution in [2.45, 2.75) is 25.1 Å². The van der Waals surface area contributed by atoms with Crippen LogP contribution in [0.1, 0.15) is 18.9 Å². The first-order valence-electron chi connectivity index (χ1n) is 5.74. The van der Waals surface area contributed by atoms with E-state index in [0.717, 1.165) is 0 Å². The molecular formula is C13H18F3NO. The fourth-order valence-electron chi connectivity index (χ4n) is 1.81. The SMILES string of the molecule is CN(CCC(F)(F)F)CC(C)(O)c1ccccc1. The van der Waals surface area contributed by atoms with Gasteiger partial charge in [0, 0.05) is 13.1 Å². The molecule has 1 N–H and O–H groups in total. The number of hydrogen-bond donors (Lipinski definition) is 1. The zero-order valence-corrected chi connectivity index (χ0v) is 10.5. The minimum Gasteiger partial charge on any atom is -0.384 e. The van der Waals surface area contributed by atoms with Crippen LogP contribution in [0.5, 0.6) is 0 Å². The Morgan fingerprint density at radius 2 is 1.72 bits per heavy atom. The van der Waals surface area contributed by atoms with E-state index in [4.69, 9.17) is 0 Å². The Morgan fingerprint density at radius 3 is 2.22 bits per heavy atom. The molecule has 1 rings (SSSR count). The molecule has 5 heteroatoms. The minimum atomic E-state index is -4.16. The van der Waals surface area contributed by atoms with Crippen molar-refractivity contribution in [2.75, 3.05) is 20.1 Å². The van der Waals surface area contributed by atoms with E-state index in [1.54, 1.807) is 38.2 Å². The lowest BCUT2D eigenvalue weighted by Crippen LogP contribution is -2.38. The molecule has 0 saturated carbocycles. The highest BCUT2D eigenvalue weighted by Gasteiger charge is 2.29. The molecular weight excluding hydrogens is 243 g/mol. The van der Waals surface area contributed by atoms with Crippen LogP contribution >= 0.6 is 0 Å². The van der Waals surface area contributed by atoms with Gasteiger partial charge in [-0.05, 0) is 19.5 Å². The molecule has 0 aliphatic rings. The predicted octanol–water partition coefficient (Wildman–Crippen LogP) is 2.78. The van der Waals surface area contributed by atoms with E-state index in [1.807, 2.05) is 6.07 Å². The lowest BCUT2D eigenvalue weighted by Gasteiger charge is -2.29. The summed E-state index contributed by atoms with van der Waals surface area (Å²) in [6, 6.07) is 8.93. The molecule has 0 fully saturated rings. The average molecular weight is 261 g/mol. The first-order valence-corrected chi connectivity index (χ1v) is 5.74. The number of hydrogen-bond acceptors (Lipinski definition) is 2. The highest BCUT2D eigenvalue weighted by molar-refractivity contribution is 5.21. The molecule has 1 atom stereocenters. The van der Waals surface area contributed by atoms with Gasteiger partial charge in [0.05, 0.1) is 12.0 Å². The summed E-state index contributed by atoms with van der Waals surface area (Å²) in [5.74, 6) is 0. The zero-order valence-electron chi connectivity index (χ0n) is 10.5. The van der Waals surface area contributed by atoms with Crippen molar-refractivity contribution in [2.24, 2.45) is 0 Å². The van der Waals surface area contributed by atoms with E-state index in [9.17, 15) is 18.3 Å². The van der Waals surface area contributed by atoms with E-state index in [2.05, 4.69) is 0 Å². The fraction of sp³-hybridized carbons (Fsp3) is 0.538. The van der Waals surface area contributed by atoms with Crippen LogP contribution in [-0.2, 0) is 5.60 Å². The summed E-state index contributed by atoms with van der Waals surface area (Å²) < 4.78 is 36.2. The molecule has 0 aliphatic heterocycles. The van der Waals surface area contributed by atoms with Gasteiger partial charge < -0.3 is 10.0 Å². The third kappa shape index (κ3) is 5.06. The topological polar surface area (TPSA) is 23.5 Å². The molecule has 1 unspecified atom stereocenters. The van der Waals surface area contributed by atoms with Crippen LogP contribution in [0.25, 0.3) is 0 Å². The van der Waals surface area contributed by atoms with E-state index >= 15 is 0 Å². The number of alkyl halides is 3. The summed E-state index contributed by atoms with van der Waals surface area (Å²) in [4.78, 5) is 1.49. The molecule has 18 heavy (non-hydrogen) atoms. The van der Waals surface area contributed by atoms with Crippen molar-refractivity contribution in [3.63, 3.8) is 0 Å². The van der Waals surface area contributed by atoms with Crippen molar-refractivity contribution >= 4 is 0 Å². The quantitative estimate of drug-likeness (QED) is 0.881. The summed E-state index contributed by atoms with van der Waals surface area (Å²) >= 11 is 0. The van der Waals surface area contributed by atoms with Gasteiger partial charge in [-0.3, -0.25) is 0 Å². The Morgan fingerprint density at radius 1 is 1.17 bits per heavy atom. The van der Waals surface area contributed by atoms with Gasteiger partial charge in [-0.25, -0.2) is 0 Å². The molecule has 2 nitrogen and oxygen atoms in total. The Kier molecular flexibility index (Phi) is 4.76. The van der Waals surface area contributed by atoms with Gasteiger partial charge in [-0.2, -0.15) is 13.2 Å². The number of halogens is 3. The van der Waals surface area contributed by atoms with Gasteiger partial charge in [-0.15, -0.1) is 0 Å². The second-order valence-corrected chi connectivity index (χ2v) is 4.74. The lowest BCUT2D eigenvalue weighted by atomic mass is 9.95. The van der Waals surface area contributed by atoms with Gasteiger partial charge in [0.25, 0.3) is 0 Å². The van der Waals surface area contributed by atoms with Crippen LogP contribution in [0.15, 0.2) is 30.3 Å². The molecule has 0 radical (unpaired) electrons. The second-order valence-electron chi connectivity index (χ2n) is 4.74. The van der Waals surface area contributed by atoms with Crippen LogP contribution in [0.3, 0.4) is 0 Å². The van der Waals surface area contributed by atoms with Crippen LogP contribution < -0.4 is 0 Å². The number of nitrogens with zero attached hydrogens (tertiary/aromatic N) is 1. The molecule has 0 saturated heterocycles. The fourth-order valence-corrected chi connectivity index (χ4v) is 1.81. The highest BCUT2D eigenvalue weighted by atomic mass is 19.4. The van der Waals surface area contributed by atoms with Crippen molar-refractivity contribution in [3.05, 3.63) is 35.9 Å². The van der Waals surface area contributed by atoms with E-state index in [1.165, 1.54) is 4.90 Å². The number of benzene rings is 1. The summed E-state index contributed by atoms with van der Waals surface area (Å²) in [5.41, 5.74) is -0.453. The summed E-state index contributed by atoms with van der Waals surface area (Å²) in [7, 11) is 1.57. The van der Waals surface area contributed by atoms with Gasteiger partial charge >= 0.3 is 6.18 Å². The van der Waals surface area contributed by atoms with Crippen molar-refractivity contribution < 1.29 is 18.3 Å². The monoisotopic (exact) mass is 261 g/mol. The Labute approximate surface area is 105 Å². The van der Waals surface area contributed by atoms with Crippen LogP contribution in [0.2, 0.25) is 0 Å². The van der Waals surface area contributed by atoms with Gasteiger partial charge in [0.2, 0.25) is 0 Å². The first kappa shape index (κ1) is 15.0. The number of likely N-dealkylation sites (N-methyl/N-ethyl adjacent to an activating group) is 1. The van der Waals surface area contributed by atoms with Gasteiger partial charge in [0.15, 0.2) is 0 Å². The third-order valence-corrected chi connectivity index (χ3v) is 2.75. The zero-order chi connectivity index (χ0) is 13.8. The first-order chi connectivity index (χ1) is 8.21. The summed E-state index contributed by atoms with van der Waals surface area (Å²) in [6.07, 6.45) is -5.03. The minimum absolute atomic E-state index is 0.119. The number of aliphatic hydroxyl groups is 1. The maximum absolute atomic E-state index is 12.1. The maximum Gasteiger partial charge on any atom is 0.390 e. The molecule has 0 bridgehead atoms. The molecule has 0 aliphatic carbocycles. The van der Waals surface area contributed by atoms with Crippen molar-refractivity contribution in [3.8, 4) is 0 Å². The highest BCUT2D eigenvalue weighted by Crippen LogP contribution is 2.23. The molecule has 0 heterocycles. The smallest absolute Gasteiger partial charge is 0.384 e. The normalized spacial score (nSPS) is 15.7. The number of rotatable bonds is 5. The Balaban J connectivity index is 2.55. The largest absolute Gasteiger partial charge is 0.390 e. The molecule has 0 aromatic heterocycles. The van der Waals surface area contributed by atoms with Crippen molar-refractivity contribution in [1.29, 1.82) is 0 Å². The third-order valence-electron chi connectivity index (χ3n) is 2.75. The van der Waals surface area contributed by atoms with Crippen LogP contribution in [0.4, 0.5) is 13.2 Å². The van der Waals surface area contributed by atoms with E-state index < -0.39 is 18.2 Å². The Hall–Kier alpha value is -1.07. The summed E-state index contributed by atoms with van der Waals surface area (Å²) in [5, 5.41) is 10.3. The molecule has 0 amide bonds. The molecule has 0 spiro atoms. The average Bonchev–Trinajstić information content (AvgIpc) is 2.26. The van der Waals surface area contributed by atoms with Gasteiger partial charge in [0.1, 0.15) is 0 Å². The van der Waals surface area contributed by atoms with Crippen molar-refractivity contribution in [1.82, 2.24) is 4.90 Å². The maximum atomic E-state index is 12.1. The lowest BCUT2D eigenvalue weighted by molar-refractivity contribution is -0.138. The second kappa shape index (κ2) is 5.71. The van der Waals surface area contributed by atoms with Crippen LogP contribution in [0, 0.1) is 0 Å². The molecule has 102 valence electrons. The predicted molar refractivity (Wildman–Crippen MR) is 64.2 cm³/mol. The van der Waals surface area contributed by atoms with Crippen LogP contribution in [-0.4, -0.2) is 36.3 Å². The molecule has 1 aromatic rings.